The number of nitro benzene ring substituents is 1. The van der Waals surface area contributed by atoms with Gasteiger partial charge in [0, 0.05) is 6.07 Å². The SMILES string of the molecule is CCc1ccc(-n2c(SCC(=O)Nc3ccccc3[N+](=O)[O-])nc3ccccc3c2=O)cc1. The summed E-state index contributed by atoms with van der Waals surface area (Å²) in [5, 5.41) is 14.6. The van der Waals surface area contributed by atoms with Crippen LogP contribution in [-0.4, -0.2) is 26.1 Å². The first-order valence-corrected chi connectivity index (χ1v) is 11.2. The average Bonchev–Trinajstić information content (AvgIpc) is 2.83. The number of benzene rings is 3. The van der Waals surface area contributed by atoms with Crippen molar-refractivity contribution in [2.45, 2.75) is 18.5 Å². The number of anilines is 1. The fourth-order valence-corrected chi connectivity index (χ4v) is 4.19. The number of nitro groups is 1. The third kappa shape index (κ3) is 4.78. The number of aryl methyl sites for hydroxylation is 1. The fourth-order valence-electron chi connectivity index (χ4n) is 3.37. The van der Waals surface area contributed by atoms with Gasteiger partial charge in [-0.2, -0.15) is 0 Å². The van der Waals surface area contributed by atoms with Crippen LogP contribution in [-0.2, 0) is 11.2 Å². The Kier molecular flexibility index (Phi) is 6.50. The molecule has 0 saturated heterocycles. The molecule has 9 heteroatoms. The molecule has 8 nitrogen and oxygen atoms in total. The first kappa shape index (κ1) is 22.2. The lowest BCUT2D eigenvalue weighted by Gasteiger charge is -2.13. The molecule has 1 aromatic heterocycles. The summed E-state index contributed by atoms with van der Waals surface area (Å²) in [6.45, 7) is 2.05. The molecule has 4 aromatic rings. The minimum absolute atomic E-state index is 0.0795. The van der Waals surface area contributed by atoms with Gasteiger partial charge in [0.2, 0.25) is 5.91 Å². The quantitative estimate of drug-likeness (QED) is 0.187. The normalized spacial score (nSPS) is 10.8. The fraction of sp³-hybridized carbons (Fsp3) is 0.125. The summed E-state index contributed by atoms with van der Waals surface area (Å²) in [6, 6.07) is 20.6. The van der Waals surface area contributed by atoms with E-state index >= 15 is 0 Å². The van der Waals surface area contributed by atoms with Crippen LogP contribution in [0.15, 0.2) is 82.7 Å². The van der Waals surface area contributed by atoms with Gasteiger partial charge in [-0.25, -0.2) is 4.98 Å². The van der Waals surface area contributed by atoms with E-state index in [1.807, 2.05) is 24.3 Å². The first-order valence-electron chi connectivity index (χ1n) is 10.2. The average molecular weight is 461 g/mol. The van der Waals surface area contributed by atoms with Gasteiger partial charge in [-0.1, -0.05) is 55.1 Å². The molecular weight excluding hydrogens is 440 g/mol. The van der Waals surface area contributed by atoms with E-state index in [1.54, 1.807) is 30.3 Å². The maximum atomic E-state index is 13.3. The number of carbonyl (C=O) groups excluding carboxylic acids is 1. The van der Waals surface area contributed by atoms with Crippen LogP contribution in [0.25, 0.3) is 16.6 Å². The molecule has 1 N–H and O–H groups in total. The Morgan fingerprint density at radius 3 is 2.48 bits per heavy atom. The van der Waals surface area contributed by atoms with E-state index in [-0.39, 0.29) is 22.7 Å². The van der Waals surface area contributed by atoms with Crippen LogP contribution < -0.4 is 10.9 Å². The van der Waals surface area contributed by atoms with Crippen LogP contribution in [0.5, 0.6) is 0 Å². The van der Waals surface area contributed by atoms with Gasteiger partial charge in [-0.3, -0.25) is 24.3 Å². The van der Waals surface area contributed by atoms with Gasteiger partial charge >= 0.3 is 0 Å². The number of para-hydroxylation sites is 3. The molecule has 166 valence electrons. The number of hydrogen-bond donors (Lipinski definition) is 1. The molecule has 0 aliphatic heterocycles. The van der Waals surface area contributed by atoms with Gasteiger partial charge in [0.15, 0.2) is 5.16 Å². The highest BCUT2D eigenvalue weighted by Gasteiger charge is 2.17. The summed E-state index contributed by atoms with van der Waals surface area (Å²) < 4.78 is 1.49. The van der Waals surface area contributed by atoms with Crippen LogP contribution in [0.4, 0.5) is 11.4 Å². The summed E-state index contributed by atoms with van der Waals surface area (Å²) in [5.41, 5.74) is 2.02. The number of nitrogens with one attached hydrogen (secondary N) is 1. The monoisotopic (exact) mass is 460 g/mol. The van der Waals surface area contributed by atoms with Crippen LogP contribution in [0.1, 0.15) is 12.5 Å². The lowest BCUT2D eigenvalue weighted by molar-refractivity contribution is -0.383. The Morgan fingerprint density at radius 2 is 1.76 bits per heavy atom. The van der Waals surface area contributed by atoms with Gasteiger partial charge in [-0.05, 0) is 42.3 Å². The summed E-state index contributed by atoms with van der Waals surface area (Å²) in [5.74, 6) is -0.520. The van der Waals surface area contributed by atoms with Crippen molar-refractivity contribution in [1.29, 1.82) is 0 Å². The highest BCUT2D eigenvalue weighted by atomic mass is 32.2. The summed E-state index contributed by atoms with van der Waals surface area (Å²) in [7, 11) is 0. The smallest absolute Gasteiger partial charge is 0.292 e. The predicted molar refractivity (Wildman–Crippen MR) is 129 cm³/mol. The lowest BCUT2D eigenvalue weighted by atomic mass is 10.1. The minimum atomic E-state index is -0.550. The number of fused-ring (bicyclic) bond motifs is 1. The molecule has 0 spiro atoms. The third-order valence-corrected chi connectivity index (χ3v) is 5.99. The molecule has 0 saturated carbocycles. The second-order valence-corrected chi connectivity index (χ2v) is 8.13. The molecule has 0 aliphatic rings. The second-order valence-electron chi connectivity index (χ2n) is 7.18. The van der Waals surface area contributed by atoms with Crippen LogP contribution in [0, 0.1) is 10.1 Å². The van der Waals surface area contributed by atoms with Crippen molar-refractivity contribution in [1.82, 2.24) is 9.55 Å². The van der Waals surface area contributed by atoms with Crippen molar-refractivity contribution in [3.8, 4) is 5.69 Å². The van der Waals surface area contributed by atoms with Crippen molar-refractivity contribution < 1.29 is 9.72 Å². The molecule has 0 unspecified atom stereocenters. The first-order chi connectivity index (χ1) is 16.0. The van der Waals surface area contributed by atoms with Crippen LogP contribution >= 0.6 is 11.8 Å². The zero-order valence-electron chi connectivity index (χ0n) is 17.7. The molecule has 3 aromatic carbocycles. The minimum Gasteiger partial charge on any atom is -0.320 e. The van der Waals surface area contributed by atoms with Crippen LogP contribution in [0.2, 0.25) is 0 Å². The second kappa shape index (κ2) is 9.66. The third-order valence-electron chi connectivity index (χ3n) is 5.05. The summed E-state index contributed by atoms with van der Waals surface area (Å²) in [4.78, 5) is 41.1. The van der Waals surface area contributed by atoms with Crippen molar-refractivity contribution in [2.75, 3.05) is 11.1 Å². The highest BCUT2D eigenvalue weighted by Crippen LogP contribution is 2.25. The number of carbonyl (C=O) groups is 1. The van der Waals surface area contributed by atoms with E-state index in [4.69, 9.17) is 0 Å². The van der Waals surface area contributed by atoms with Crippen molar-refractivity contribution in [3.63, 3.8) is 0 Å². The van der Waals surface area contributed by atoms with Crippen molar-refractivity contribution in [3.05, 3.63) is 98.8 Å². The number of nitrogens with zero attached hydrogens (tertiary/aromatic N) is 3. The molecule has 33 heavy (non-hydrogen) atoms. The molecule has 0 bridgehead atoms. The van der Waals surface area contributed by atoms with E-state index in [9.17, 15) is 19.7 Å². The Bertz CT molecular complexity index is 1400. The zero-order chi connectivity index (χ0) is 23.4. The Balaban J connectivity index is 1.66. The standard InChI is InChI=1S/C24H20N4O4S/c1-2-16-11-13-17(14-12-16)27-23(30)18-7-3-4-8-19(18)26-24(27)33-15-22(29)25-20-9-5-6-10-21(20)28(31)32/h3-14H,2,15H2,1H3,(H,25,29). The number of aromatic nitrogens is 2. The topological polar surface area (TPSA) is 107 Å². The number of hydrogen-bond acceptors (Lipinski definition) is 6. The Morgan fingerprint density at radius 1 is 1.06 bits per heavy atom. The number of thioether (sulfide) groups is 1. The molecule has 0 aliphatic carbocycles. The maximum Gasteiger partial charge on any atom is 0.292 e. The highest BCUT2D eigenvalue weighted by molar-refractivity contribution is 7.99. The molecular formula is C24H20N4O4S. The van der Waals surface area contributed by atoms with E-state index < -0.39 is 10.8 Å². The van der Waals surface area contributed by atoms with E-state index in [2.05, 4.69) is 17.2 Å². The summed E-state index contributed by atoms with van der Waals surface area (Å²) in [6.07, 6.45) is 0.874. The molecule has 0 radical (unpaired) electrons. The van der Waals surface area contributed by atoms with E-state index in [0.29, 0.717) is 21.7 Å². The van der Waals surface area contributed by atoms with Crippen molar-refractivity contribution in [2.24, 2.45) is 0 Å². The van der Waals surface area contributed by atoms with E-state index in [0.717, 1.165) is 23.7 Å². The van der Waals surface area contributed by atoms with E-state index in [1.165, 1.54) is 22.8 Å². The molecule has 1 heterocycles. The zero-order valence-corrected chi connectivity index (χ0v) is 18.5. The summed E-state index contributed by atoms with van der Waals surface area (Å²) >= 11 is 1.09. The largest absolute Gasteiger partial charge is 0.320 e. The molecule has 0 fully saturated rings. The predicted octanol–water partition coefficient (Wildman–Crippen LogP) is 4.59. The lowest BCUT2D eigenvalue weighted by Crippen LogP contribution is -2.23. The molecule has 1 amide bonds. The van der Waals surface area contributed by atoms with Crippen LogP contribution in [0.3, 0.4) is 0 Å². The van der Waals surface area contributed by atoms with Gasteiger partial charge < -0.3 is 5.32 Å². The molecule has 0 atom stereocenters. The number of amides is 1. The maximum absolute atomic E-state index is 13.3. The van der Waals surface area contributed by atoms with Crippen molar-refractivity contribution >= 4 is 39.9 Å². The van der Waals surface area contributed by atoms with Gasteiger partial charge in [-0.15, -0.1) is 0 Å². The Hall–Kier alpha value is -3.98. The van der Waals surface area contributed by atoms with Gasteiger partial charge in [0.25, 0.3) is 11.2 Å². The van der Waals surface area contributed by atoms with Gasteiger partial charge in [0.1, 0.15) is 5.69 Å². The number of rotatable bonds is 7. The van der Waals surface area contributed by atoms with Gasteiger partial charge in [0.05, 0.1) is 27.3 Å². The Labute approximate surface area is 193 Å². The molecule has 4 rings (SSSR count).